The summed E-state index contributed by atoms with van der Waals surface area (Å²) in [6.45, 7) is 3.98. The van der Waals surface area contributed by atoms with Gasteiger partial charge < -0.3 is 15.0 Å². The number of amides is 2. The van der Waals surface area contributed by atoms with Gasteiger partial charge in [0.05, 0.1) is 25.3 Å². The fraction of sp³-hybridized carbons (Fsp3) is 0.333. The second kappa shape index (κ2) is 9.75. The lowest BCUT2D eigenvalue weighted by molar-refractivity contribution is -0.887. The minimum absolute atomic E-state index is 0.0507. The first-order chi connectivity index (χ1) is 15.1. The summed E-state index contributed by atoms with van der Waals surface area (Å²) < 4.78 is 19.3. The van der Waals surface area contributed by atoms with Crippen molar-refractivity contribution in [1.82, 2.24) is 5.32 Å². The van der Waals surface area contributed by atoms with E-state index in [0.29, 0.717) is 23.5 Å². The lowest BCUT2D eigenvalue weighted by Gasteiger charge is -2.30. The molecular formula is C24H27FN3O3+. The molecule has 7 heteroatoms. The number of quaternary nitrogens is 1. The minimum Gasteiger partial charge on any atom is -0.449 e. The van der Waals surface area contributed by atoms with Crippen LogP contribution < -0.4 is 19.9 Å². The highest BCUT2D eigenvalue weighted by Crippen LogP contribution is 2.35. The Morgan fingerprint density at radius 3 is 2.77 bits per heavy atom. The largest absolute Gasteiger partial charge is 0.449 e. The fourth-order valence-electron chi connectivity index (χ4n) is 4.06. The van der Waals surface area contributed by atoms with Crippen LogP contribution in [0.25, 0.3) is 6.08 Å². The molecule has 0 spiro atoms. The SMILES string of the molecule is O=C(CN1C(=O)C(=Cc2cccc(F)c2)Oc2ccccc21)NCCC[NH+]1CCCC1. The van der Waals surface area contributed by atoms with E-state index in [1.807, 2.05) is 0 Å². The third-order valence-electron chi connectivity index (χ3n) is 5.62. The zero-order valence-electron chi connectivity index (χ0n) is 17.4. The maximum absolute atomic E-state index is 13.5. The maximum atomic E-state index is 13.5. The second-order valence-electron chi connectivity index (χ2n) is 7.94. The maximum Gasteiger partial charge on any atom is 0.294 e. The normalized spacial score (nSPS) is 17.5. The number of benzene rings is 2. The topological polar surface area (TPSA) is 63.1 Å². The Labute approximate surface area is 181 Å². The molecule has 2 N–H and O–H groups in total. The molecule has 6 nitrogen and oxygen atoms in total. The van der Waals surface area contributed by atoms with Gasteiger partial charge in [0.15, 0.2) is 11.5 Å². The van der Waals surface area contributed by atoms with E-state index in [1.165, 1.54) is 49.0 Å². The van der Waals surface area contributed by atoms with Crippen LogP contribution >= 0.6 is 0 Å². The van der Waals surface area contributed by atoms with Gasteiger partial charge in [-0.2, -0.15) is 0 Å². The Morgan fingerprint density at radius 2 is 1.97 bits per heavy atom. The van der Waals surface area contributed by atoms with E-state index >= 15 is 0 Å². The van der Waals surface area contributed by atoms with E-state index in [2.05, 4.69) is 5.32 Å². The van der Waals surface area contributed by atoms with Crippen LogP contribution in [0.2, 0.25) is 0 Å². The summed E-state index contributed by atoms with van der Waals surface area (Å²) in [6.07, 6.45) is 4.97. The molecule has 2 aliphatic rings. The first-order valence-corrected chi connectivity index (χ1v) is 10.8. The van der Waals surface area contributed by atoms with Crippen LogP contribution in [-0.2, 0) is 9.59 Å². The van der Waals surface area contributed by atoms with E-state index in [-0.39, 0.29) is 18.2 Å². The molecular weight excluding hydrogens is 397 g/mol. The Kier molecular flexibility index (Phi) is 6.62. The lowest BCUT2D eigenvalue weighted by Crippen LogP contribution is -3.10. The van der Waals surface area contributed by atoms with Gasteiger partial charge >= 0.3 is 0 Å². The summed E-state index contributed by atoms with van der Waals surface area (Å²) in [7, 11) is 0. The summed E-state index contributed by atoms with van der Waals surface area (Å²) in [5.74, 6) is -0.513. The Balaban J connectivity index is 1.43. The molecule has 0 aliphatic carbocycles. The summed E-state index contributed by atoms with van der Waals surface area (Å²) in [5.41, 5.74) is 1.05. The molecule has 2 aromatic carbocycles. The molecule has 0 atom stereocenters. The highest BCUT2D eigenvalue weighted by molar-refractivity contribution is 6.12. The minimum atomic E-state index is -0.431. The number of carbonyl (C=O) groups is 2. The van der Waals surface area contributed by atoms with Gasteiger partial charge in [0.25, 0.3) is 5.91 Å². The second-order valence-corrected chi connectivity index (χ2v) is 7.94. The van der Waals surface area contributed by atoms with Gasteiger partial charge in [-0.15, -0.1) is 0 Å². The van der Waals surface area contributed by atoms with Crippen molar-refractivity contribution < 1.29 is 23.6 Å². The Hall–Kier alpha value is -3.19. The van der Waals surface area contributed by atoms with E-state index in [0.717, 1.165) is 13.0 Å². The number of hydrogen-bond acceptors (Lipinski definition) is 3. The highest BCUT2D eigenvalue weighted by atomic mass is 19.1. The number of anilines is 1. The van der Waals surface area contributed by atoms with Crippen molar-refractivity contribution in [2.24, 2.45) is 0 Å². The van der Waals surface area contributed by atoms with E-state index in [9.17, 15) is 14.0 Å². The number of fused-ring (bicyclic) bond motifs is 1. The van der Waals surface area contributed by atoms with Crippen molar-refractivity contribution in [3.8, 4) is 5.75 Å². The fourth-order valence-corrected chi connectivity index (χ4v) is 4.06. The van der Waals surface area contributed by atoms with E-state index in [1.54, 1.807) is 41.3 Å². The van der Waals surface area contributed by atoms with Crippen LogP contribution in [0.1, 0.15) is 24.8 Å². The molecule has 0 unspecified atom stereocenters. The summed E-state index contributed by atoms with van der Waals surface area (Å²) in [4.78, 5) is 28.6. The summed E-state index contributed by atoms with van der Waals surface area (Å²) in [5, 5.41) is 2.92. The Morgan fingerprint density at radius 1 is 1.16 bits per heavy atom. The first kappa shape index (κ1) is 21.1. The van der Waals surface area contributed by atoms with Crippen LogP contribution in [0, 0.1) is 5.82 Å². The number of para-hydroxylation sites is 2. The van der Waals surface area contributed by atoms with Crippen molar-refractivity contribution >= 4 is 23.6 Å². The van der Waals surface area contributed by atoms with E-state index in [4.69, 9.17) is 4.74 Å². The number of rotatable bonds is 7. The van der Waals surface area contributed by atoms with Gasteiger partial charge in [-0.25, -0.2) is 4.39 Å². The molecule has 0 bridgehead atoms. The van der Waals surface area contributed by atoms with Crippen molar-refractivity contribution in [2.45, 2.75) is 19.3 Å². The number of hydrogen-bond donors (Lipinski definition) is 2. The van der Waals surface area contributed by atoms with Crippen LogP contribution in [-0.4, -0.2) is 44.5 Å². The van der Waals surface area contributed by atoms with Gasteiger partial charge in [-0.1, -0.05) is 24.3 Å². The monoisotopic (exact) mass is 424 g/mol. The van der Waals surface area contributed by atoms with Crippen LogP contribution in [0.5, 0.6) is 5.75 Å². The highest BCUT2D eigenvalue weighted by Gasteiger charge is 2.31. The number of nitrogens with zero attached hydrogens (tertiary/aromatic N) is 1. The summed E-state index contributed by atoms with van der Waals surface area (Å²) >= 11 is 0. The van der Waals surface area contributed by atoms with Gasteiger partial charge in [0.1, 0.15) is 12.4 Å². The summed E-state index contributed by atoms with van der Waals surface area (Å²) in [6, 6.07) is 13.0. The zero-order chi connectivity index (χ0) is 21.6. The predicted molar refractivity (Wildman–Crippen MR) is 116 cm³/mol. The molecule has 162 valence electrons. The molecule has 2 aromatic rings. The number of nitrogens with one attached hydrogen (secondary N) is 2. The molecule has 1 fully saturated rings. The molecule has 4 rings (SSSR count). The first-order valence-electron chi connectivity index (χ1n) is 10.8. The molecule has 2 aliphatic heterocycles. The van der Waals surface area contributed by atoms with Crippen LogP contribution in [0.3, 0.4) is 0 Å². The Bertz CT molecular complexity index is 986. The average molecular weight is 424 g/mol. The van der Waals surface area contributed by atoms with Crippen LogP contribution in [0.4, 0.5) is 10.1 Å². The van der Waals surface area contributed by atoms with Crippen LogP contribution in [0.15, 0.2) is 54.3 Å². The standard InChI is InChI=1S/C24H26FN3O3/c25-19-8-5-7-18(15-19)16-22-24(30)28(20-9-1-2-10-21(20)31-22)17-23(29)26-11-6-14-27-12-3-4-13-27/h1-2,5,7-10,15-16H,3-4,6,11-14,17H2,(H,26,29)/p+1. The third kappa shape index (κ3) is 5.30. The quantitative estimate of drug-likeness (QED) is 0.526. The average Bonchev–Trinajstić information content (AvgIpc) is 3.28. The molecule has 2 amide bonds. The van der Waals surface area contributed by atoms with E-state index < -0.39 is 11.7 Å². The van der Waals surface area contributed by atoms with Gasteiger partial charge in [-0.05, 0) is 35.9 Å². The van der Waals surface area contributed by atoms with Crippen molar-refractivity contribution in [2.75, 3.05) is 37.6 Å². The van der Waals surface area contributed by atoms with Gasteiger partial charge in [0, 0.05) is 25.8 Å². The molecule has 0 aromatic heterocycles. The predicted octanol–water partition coefficient (Wildman–Crippen LogP) is 1.78. The van der Waals surface area contributed by atoms with Gasteiger partial charge in [0.2, 0.25) is 5.91 Å². The lowest BCUT2D eigenvalue weighted by atomic mass is 10.1. The number of ether oxygens (including phenoxy) is 1. The zero-order valence-corrected chi connectivity index (χ0v) is 17.4. The van der Waals surface area contributed by atoms with Gasteiger partial charge in [-0.3, -0.25) is 14.5 Å². The molecule has 1 saturated heterocycles. The van der Waals surface area contributed by atoms with Crippen molar-refractivity contribution in [3.63, 3.8) is 0 Å². The number of likely N-dealkylation sites (tertiary alicyclic amines) is 1. The molecule has 0 saturated carbocycles. The van der Waals surface area contributed by atoms with Crippen molar-refractivity contribution in [1.29, 1.82) is 0 Å². The number of carbonyl (C=O) groups excluding carboxylic acids is 2. The molecule has 31 heavy (non-hydrogen) atoms. The number of halogens is 1. The molecule has 0 radical (unpaired) electrons. The van der Waals surface area contributed by atoms with Crippen molar-refractivity contribution in [3.05, 3.63) is 65.7 Å². The third-order valence-corrected chi connectivity index (χ3v) is 5.62. The molecule has 2 heterocycles. The smallest absolute Gasteiger partial charge is 0.294 e.